The van der Waals surface area contributed by atoms with Crippen LogP contribution in [0, 0.1) is 17.8 Å². The van der Waals surface area contributed by atoms with Crippen molar-refractivity contribution in [2.24, 2.45) is 23.5 Å². The molecule has 2 N–H and O–H groups in total. The predicted octanol–water partition coefficient (Wildman–Crippen LogP) is 3.95. The molecular weight excluding hydrogens is 246 g/mol. The van der Waals surface area contributed by atoms with E-state index in [9.17, 15) is 0 Å². The maximum atomic E-state index is 6.40. The molecule has 0 saturated heterocycles. The fraction of sp³-hybridized carbons (Fsp3) is 0.667. The highest BCUT2D eigenvalue weighted by Gasteiger charge is 2.34. The van der Waals surface area contributed by atoms with Crippen molar-refractivity contribution in [2.75, 3.05) is 6.61 Å². The van der Waals surface area contributed by atoms with Crippen LogP contribution < -0.4 is 10.5 Å². The number of para-hydroxylation sites is 1. The van der Waals surface area contributed by atoms with Gasteiger partial charge in [0.1, 0.15) is 5.75 Å². The summed E-state index contributed by atoms with van der Waals surface area (Å²) in [5.74, 6) is 3.95. The molecule has 1 aliphatic carbocycles. The summed E-state index contributed by atoms with van der Waals surface area (Å²) in [6.07, 6.45) is 5.01. The molecular formula is C18H27NO. The zero-order valence-corrected chi connectivity index (χ0v) is 12.7. The average Bonchev–Trinajstić information content (AvgIpc) is 2.84. The lowest BCUT2D eigenvalue weighted by atomic mass is 9.71. The van der Waals surface area contributed by atoms with Gasteiger partial charge in [-0.15, -0.1) is 0 Å². The highest BCUT2D eigenvalue weighted by Crippen LogP contribution is 2.42. The molecule has 0 aromatic heterocycles. The molecule has 4 unspecified atom stereocenters. The number of ether oxygens (including phenoxy) is 1. The molecule has 1 aliphatic heterocycles. The van der Waals surface area contributed by atoms with Crippen LogP contribution in [0.3, 0.4) is 0 Å². The minimum absolute atomic E-state index is 0.387. The van der Waals surface area contributed by atoms with E-state index in [4.69, 9.17) is 10.5 Å². The normalized spacial score (nSPS) is 33.0. The van der Waals surface area contributed by atoms with Crippen LogP contribution in [0.5, 0.6) is 5.75 Å². The molecule has 1 aromatic rings. The molecule has 0 bridgehead atoms. The van der Waals surface area contributed by atoms with Gasteiger partial charge < -0.3 is 10.5 Å². The van der Waals surface area contributed by atoms with Crippen LogP contribution in [0.15, 0.2) is 24.3 Å². The van der Waals surface area contributed by atoms with Gasteiger partial charge in [0, 0.05) is 17.5 Å². The standard InChI is InChI=1S/C18H27NO/c1-12(2)13-7-8-17(19)14(9-13)10-15-11-20-18-6-4-3-5-16(15)18/h3-6,12-15,17H,7-11,19H2,1-2H3. The van der Waals surface area contributed by atoms with Gasteiger partial charge in [-0.05, 0) is 49.5 Å². The van der Waals surface area contributed by atoms with E-state index in [1.165, 1.54) is 31.2 Å². The fourth-order valence-electron chi connectivity index (χ4n) is 3.99. The van der Waals surface area contributed by atoms with Crippen LogP contribution in [-0.2, 0) is 0 Å². The van der Waals surface area contributed by atoms with E-state index >= 15 is 0 Å². The molecule has 2 heteroatoms. The van der Waals surface area contributed by atoms with E-state index in [2.05, 4.69) is 38.1 Å². The van der Waals surface area contributed by atoms with Gasteiger partial charge in [0.05, 0.1) is 6.61 Å². The highest BCUT2D eigenvalue weighted by atomic mass is 16.5. The number of hydrogen-bond acceptors (Lipinski definition) is 2. The van der Waals surface area contributed by atoms with Crippen LogP contribution in [-0.4, -0.2) is 12.6 Å². The van der Waals surface area contributed by atoms with Crippen molar-refractivity contribution in [3.8, 4) is 5.75 Å². The van der Waals surface area contributed by atoms with Crippen molar-refractivity contribution in [1.29, 1.82) is 0 Å². The second-order valence-corrected chi connectivity index (χ2v) is 7.02. The molecule has 20 heavy (non-hydrogen) atoms. The van der Waals surface area contributed by atoms with E-state index < -0.39 is 0 Å². The summed E-state index contributed by atoms with van der Waals surface area (Å²) in [5, 5.41) is 0. The maximum Gasteiger partial charge on any atom is 0.122 e. The molecule has 1 aromatic carbocycles. The SMILES string of the molecule is CC(C)C1CCC(N)C(CC2COc3ccccc32)C1. The zero-order valence-electron chi connectivity index (χ0n) is 12.7. The molecule has 110 valence electrons. The Kier molecular flexibility index (Phi) is 4.02. The van der Waals surface area contributed by atoms with Gasteiger partial charge in [-0.3, -0.25) is 0 Å². The lowest BCUT2D eigenvalue weighted by Crippen LogP contribution is -2.38. The van der Waals surface area contributed by atoms with Gasteiger partial charge in [-0.2, -0.15) is 0 Å². The summed E-state index contributed by atoms with van der Waals surface area (Å²) in [6, 6.07) is 8.88. The summed E-state index contributed by atoms with van der Waals surface area (Å²) < 4.78 is 5.82. The van der Waals surface area contributed by atoms with Gasteiger partial charge in [0.2, 0.25) is 0 Å². The molecule has 0 radical (unpaired) electrons. The van der Waals surface area contributed by atoms with Crippen molar-refractivity contribution in [1.82, 2.24) is 0 Å². The Morgan fingerprint density at radius 1 is 1.25 bits per heavy atom. The minimum atomic E-state index is 0.387. The molecule has 3 rings (SSSR count). The Morgan fingerprint density at radius 2 is 2.05 bits per heavy atom. The number of hydrogen-bond donors (Lipinski definition) is 1. The monoisotopic (exact) mass is 273 g/mol. The number of benzene rings is 1. The third-order valence-corrected chi connectivity index (χ3v) is 5.41. The minimum Gasteiger partial charge on any atom is -0.493 e. The molecule has 2 nitrogen and oxygen atoms in total. The predicted molar refractivity (Wildman–Crippen MR) is 82.9 cm³/mol. The van der Waals surface area contributed by atoms with Crippen molar-refractivity contribution in [3.05, 3.63) is 29.8 Å². The van der Waals surface area contributed by atoms with Crippen molar-refractivity contribution >= 4 is 0 Å². The van der Waals surface area contributed by atoms with Crippen molar-refractivity contribution in [3.63, 3.8) is 0 Å². The first-order chi connectivity index (χ1) is 9.65. The molecule has 1 saturated carbocycles. The Bertz CT molecular complexity index is 456. The summed E-state index contributed by atoms with van der Waals surface area (Å²) in [7, 11) is 0. The Hall–Kier alpha value is -1.02. The van der Waals surface area contributed by atoms with Crippen molar-refractivity contribution < 1.29 is 4.74 Å². The van der Waals surface area contributed by atoms with E-state index in [0.717, 1.165) is 24.2 Å². The van der Waals surface area contributed by atoms with E-state index in [1.54, 1.807) is 0 Å². The fourth-order valence-corrected chi connectivity index (χ4v) is 3.99. The summed E-state index contributed by atoms with van der Waals surface area (Å²) in [5.41, 5.74) is 7.79. The van der Waals surface area contributed by atoms with Crippen LogP contribution in [0.4, 0.5) is 0 Å². The third-order valence-electron chi connectivity index (χ3n) is 5.41. The zero-order chi connectivity index (χ0) is 14.1. The maximum absolute atomic E-state index is 6.40. The lowest BCUT2D eigenvalue weighted by Gasteiger charge is -2.37. The Morgan fingerprint density at radius 3 is 2.85 bits per heavy atom. The van der Waals surface area contributed by atoms with Gasteiger partial charge >= 0.3 is 0 Å². The molecule has 0 amide bonds. The lowest BCUT2D eigenvalue weighted by molar-refractivity contribution is 0.170. The summed E-state index contributed by atoms with van der Waals surface area (Å²) >= 11 is 0. The first-order valence-electron chi connectivity index (χ1n) is 8.12. The Labute approximate surface area is 122 Å². The number of fused-ring (bicyclic) bond motifs is 1. The quantitative estimate of drug-likeness (QED) is 0.905. The van der Waals surface area contributed by atoms with Crippen LogP contribution in [0.2, 0.25) is 0 Å². The topological polar surface area (TPSA) is 35.2 Å². The smallest absolute Gasteiger partial charge is 0.122 e. The van der Waals surface area contributed by atoms with E-state index in [1.807, 2.05) is 0 Å². The highest BCUT2D eigenvalue weighted by molar-refractivity contribution is 5.39. The number of rotatable bonds is 3. The Balaban J connectivity index is 1.68. The van der Waals surface area contributed by atoms with Gasteiger partial charge in [0.25, 0.3) is 0 Å². The molecule has 1 fully saturated rings. The average molecular weight is 273 g/mol. The van der Waals surface area contributed by atoms with Gasteiger partial charge in [0.15, 0.2) is 0 Å². The third kappa shape index (κ3) is 2.71. The summed E-state index contributed by atoms with van der Waals surface area (Å²) in [6.45, 7) is 5.55. The molecule has 1 heterocycles. The van der Waals surface area contributed by atoms with Crippen LogP contribution in [0.25, 0.3) is 0 Å². The van der Waals surface area contributed by atoms with Crippen LogP contribution in [0.1, 0.15) is 51.0 Å². The first-order valence-corrected chi connectivity index (χ1v) is 8.12. The first kappa shape index (κ1) is 13.9. The van der Waals surface area contributed by atoms with E-state index in [-0.39, 0.29) is 0 Å². The largest absolute Gasteiger partial charge is 0.493 e. The number of nitrogens with two attached hydrogens (primary N) is 1. The van der Waals surface area contributed by atoms with E-state index in [0.29, 0.717) is 17.9 Å². The summed E-state index contributed by atoms with van der Waals surface area (Å²) in [4.78, 5) is 0. The molecule has 4 atom stereocenters. The second-order valence-electron chi connectivity index (χ2n) is 7.02. The second kappa shape index (κ2) is 5.77. The van der Waals surface area contributed by atoms with Gasteiger partial charge in [-0.1, -0.05) is 32.0 Å². The molecule has 2 aliphatic rings. The van der Waals surface area contributed by atoms with Crippen LogP contribution >= 0.6 is 0 Å². The molecule has 0 spiro atoms. The van der Waals surface area contributed by atoms with Crippen molar-refractivity contribution in [2.45, 2.75) is 51.5 Å². The van der Waals surface area contributed by atoms with Gasteiger partial charge in [-0.25, -0.2) is 0 Å².